The number of hydrogen-bond donors (Lipinski definition) is 0. The summed E-state index contributed by atoms with van der Waals surface area (Å²) in [5, 5.41) is 0. The Kier molecular flexibility index (Phi) is 6.43. The van der Waals surface area contributed by atoms with Gasteiger partial charge in [-0.3, -0.25) is 4.79 Å². The van der Waals surface area contributed by atoms with Crippen LogP contribution >= 0.6 is 11.6 Å². The third kappa shape index (κ3) is 3.44. The maximum absolute atomic E-state index is 11.9. The minimum absolute atomic E-state index is 0.0289. The highest BCUT2D eigenvalue weighted by Crippen LogP contribution is 2.77. The van der Waals surface area contributed by atoms with Crippen LogP contribution in [0.2, 0.25) is 0 Å². The number of hydrogen-bond acceptors (Lipinski definition) is 2. The van der Waals surface area contributed by atoms with Gasteiger partial charge >= 0.3 is 5.97 Å². The van der Waals surface area contributed by atoms with Gasteiger partial charge < -0.3 is 4.74 Å². The lowest BCUT2D eigenvalue weighted by molar-refractivity contribution is -0.247. The lowest BCUT2D eigenvalue weighted by atomic mass is 9.32. The minimum Gasteiger partial charge on any atom is -0.462 e. The molecule has 3 heteroatoms. The first-order valence-corrected chi connectivity index (χ1v) is 15.3. The highest BCUT2D eigenvalue weighted by molar-refractivity contribution is 6.25. The smallest absolute Gasteiger partial charge is 0.302 e. The summed E-state index contributed by atoms with van der Waals surface area (Å²) in [7, 11) is 0. The van der Waals surface area contributed by atoms with Crippen molar-refractivity contribution in [2.24, 2.45) is 56.7 Å². The molecule has 6 unspecified atom stereocenters. The molecule has 2 nitrogen and oxygen atoms in total. The third-order valence-electron chi connectivity index (χ3n) is 13.8. The van der Waals surface area contributed by atoms with Crippen LogP contribution in [0.15, 0.2) is 23.8 Å². The van der Waals surface area contributed by atoms with Crippen LogP contribution < -0.4 is 0 Å². The predicted octanol–water partition coefficient (Wildman–Crippen LogP) is 9.33. The molecule has 5 fully saturated rings. The average molecular weight is 515 g/mol. The molecule has 202 valence electrons. The maximum atomic E-state index is 11.9. The summed E-state index contributed by atoms with van der Waals surface area (Å²) in [5.41, 5.74) is 4.54. The fraction of sp³-hybridized carbons (Fsp3) is 0.848. The second kappa shape index (κ2) is 8.62. The molecule has 0 aliphatic heterocycles. The zero-order valence-electron chi connectivity index (χ0n) is 24.1. The molecular weight excluding hydrogens is 464 g/mol. The van der Waals surface area contributed by atoms with Crippen LogP contribution in [0, 0.1) is 56.7 Å². The molecule has 0 amide bonds. The Bertz CT molecular complexity index is 951. The quantitative estimate of drug-likeness (QED) is 0.277. The highest BCUT2D eigenvalue weighted by atomic mass is 35.5. The summed E-state index contributed by atoms with van der Waals surface area (Å²) in [6, 6.07) is 0. The van der Waals surface area contributed by atoms with E-state index in [9.17, 15) is 4.79 Å². The van der Waals surface area contributed by atoms with Crippen molar-refractivity contribution in [3.63, 3.8) is 0 Å². The Hall–Kier alpha value is -0.760. The Labute approximate surface area is 226 Å². The summed E-state index contributed by atoms with van der Waals surface area (Å²) in [5.74, 6) is 3.29. The number of carbonyl (C=O) groups excluding carboxylic acids is 1. The summed E-state index contributed by atoms with van der Waals surface area (Å²) in [4.78, 5) is 11.9. The first-order valence-electron chi connectivity index (χ1n) is 14.9. The van der Waals surface area contributed by atoms with Gasteiger partial charge in [0.25, 0.3) is 0 Å². The maximum Gasteiger partial charge on any atom is 0.302 e. The molecule has 0 saturated heterocycles. The fourth-order valence-corrected chi connectivity index (χ4v) is 12.2. The van der Waals surface area contributed by atoms with E-state index in [4.69, 9.17) is 16.3 Å². The SMILES string of the molecule is C=C(C)C1CCC2(/C=C/Cl)CC[C@]3(C)C(CCC4[C@@]5(C)CC[C@H](OC(C)=O)C(C)(C)C5CC[C@]43C)C12. The predicted molar refractivity (Wildman–Crippen MR) is 150 cm³/mol. The van der Waals surface area contributed by atoms with Crippen molar-refractivity contribution in [2.45, 2.75) is 119 Å². The number of carbonyl (C=O) groups is 1. The van der Waals surface area contributed by atoms with Gasteiger partial charge in [0.2, 0.25) is 0 Å². The lowest BCUT2D eigenvalue weighted by Crippen LogP contribution is -2.66. The van der Waals surface area contributed by atoms with Crippen molar-refractivity contribution < 1.29 is 9.53 Å². The molecule has 5 aliphatic rings. The van der Waals surface area contributed by atoms with Crippen LogP contribution in [0.4, 0.5) is 0 Å². The van der Waals surface area contributed by atoms with Crippen molar-refractivity contribution >= 4 is 17.6 Å². The van der Waals surface area contributed by atoms with Gasteiger partial charge in [-0.2, -0.15) is 0 Å². The van der Waals surface area contributed by atoms with Gasteiger partial charge in [0.05, 0.1) is 0 Å². The Morgan fingerprint density at radius 1 is 0.861 bits per heavy atom. The number of fused-ring (bicyclic) bond motifs is 7. The monoisotopic (exact) mass is 514 g/mol. The standard InChI is InChI=1S/C33H51ClO2/c1-21(2)23-11-16-33(19-20-34)18-17-31(7)24(28(23)33)9-10-26-30(6)14-13-27(36-22(3)35)29(4,5)25(30)12-15-32(26,31)8/h19-20,23-28H,1,9-18H2,2-8H3/b20-19+/t23?,24?,25?,26?,27-,28?,30-,31+,32+,33?/m0/s1. The van der Waals surface area contributed by atoms with Crippen molar-refractivity contribution in [3.8, 4) is 0 Å². The molecule has 0 aromatic heterocycles. The van der Waals surface area contributed by atoms with Crippen molar-refractivity contribution in [1.29, 1.82) is 0 Å². The third-order valence-corrected chi connectivity index (χ3v) is 13.9. The normalized spacial score (nSPS) is 51.6. The largest absolute Gasteiger partial charge is 0.462 e. The lowest BCUT2D eigenvalue weighted by Gasteiger charge is -2.73. The van der Waals surface area contributed by atoms with Crippen molar-refractivity contribution in [3.05, 3.63) is 23.8 Å². The molecule has 5 saturated carbocycles. The van der Waals surface area contributed by atoms with Gasteiger partial charge in [-0.15, -0.1) is 0 Å². The number of rotatable bonds is 3. The van der Waals surface area contributed by atoms with Crippen LogP contribution in [0.1, 0.15) is 113 Å². The molecular formula is C33H51ClO2. The van der Waals surface area contributed by atoms with Gasteiger partial charge in [-0.1, -0.05) is 64.4 Å². The molecule has 0 aromatic carbocycles. The fourth-order valence-electron chi connectivity index (χ4n) is 12.0. The summed E-state index contributed by atoms with van der Waals surface area (Å²) >= 11 is 6.30. The minimum atomic E-state index is -0.120. The molecule has 0 aromatic rings. The van der Waals surface area contributed by atoms with E-state index in [0.29, 0.717) is 34.0 Å². The number of esters is 1. The molecule has 0 N–H and O–H groups in total. The highest BCUT2D eigenvalue weighted by Gasteiger charge is 2.70. The zero-order chi connectivity index (χ0) is 26.3. The van der Waals surface area contributed by atoms with E-state index in [1.807, 2.05) is 5.54 Å². The number of halogens is 1. The molecule has 0 heterocycles. The topological polar surface area (TPSA) is 26.3 Å². The Morgan fingerprint density at radius 3 is 2.22 bits per heavy atom. The van der Waals surface area contributed by atoms with E-state index in [2.05, 4.69) is 54.2 Å². The van der Waals surface area contributed by atoms with Crippen LogP contribution in [-0.4, -0.2) is 12.1 Å². The molecule has 10 atom stereocenters. The number of ether oxygens (including phenoxy) is 1. The van der Waals surface area contributed by atoms with Crippen LogP contribution in [0.3, 0.4) is 0 Å². The summed E-state index contributed by atoms with van der Waals surface area (Å²) in [6.45, 7) is 21.2. The van der Waals surface area contributed by atoms with E-state index in [1.54, 1.807) is 6.92 Å². The molecule has 36 heavy (non-hydrogen) atoms. The van der Waals surface area contributed by atoms with Crippen molar-refractivity contribution in [1.82, 2.24) is 0 Å². The van der Waals surface area contributed by atoms with Gasteiger partial charge in [0.1, 0.15) is 6.10 Å². The van der Waals surface area contributed by atoms with Crippen LogP contribution in [-0.2, 0) is 9.53 Å². The van der Waals surface area contributed by atoms with Crippen molar-refractivity contribution in [2.75, 3.05) is 0 Å². The van der Waals surface area contributed by atoms with Gasteiger partial charge in [-0.05, 0) is 122 Å². The first kappa shape index (κ1) is 26.8. The van der Waals surface area contributed by atoms with Crippen LogP contribution in [0.5, 0.6) is 0 Å². The van der Waals surface area contributed by atoms with E-state index >= 15 is 0 Å². The summed E-state index contributed by atoms with van der Waals surface area (Å²) in [6.07, 6.45) is 15.1. The molecule has 5 rings (SSSR count). The molecule has 0 spiro atoms. The van der Waals surface area contributed by atoms with Gasteiger partial charge in [0.15, 0.2) is 0 Å². The second-order valence-electron chi connectivity index (χ2n) is 15.2. The first-order chi connectivity index (χ1) is 16.8. The van der Waals surface area contributed by atoms with E-state index in [1.165, 1.54) is 63.4 Å². The molecule has 5 aliphatic carbocycles. The summed E-state index contributed by atoms with van der Waals surface area (Å²) < 4.78 is 5.92. The van der Waals surface area contributed by atoms with E-state index < -0.39 is 0 Å². The molecule has 0 radical (unpaired) electrons. The van der Waals surface area contributed by atoms with E-state index in [0.717, 1.165) is 18.3 Å². The Balaban J connectivity index is 1.52. The average Bonchev–Trinajstić information content (AvgIpc) is 3.16. The number of allylic oxidation sites excluding steroid dienone is 2. The van der Waals surface area contributed by atoms with Crippen LogP contribution in [0.25, 0.3) is 0 Å². The zero-order valence-corrected chi connectivity index (χ0v) is 24.8. The van der Waals surface area contributed by atoms with E-state index in [-0.39, 0.29) is 22.9 Å². The Morgan fingerprint density at radius 2 is 1.58 bits per heavy atom. The molecule has 0 bridgehead atoms. The second-order valence-corrected chi connectivity index (χ2v) is 15.4. The van der Waals surface area contributed by atoms with Gasteiger partial charge in [0, 0.05) is 17.9 Å². The van der Waals surface area contributed by atoms with Gasteiger partial charge in [-0.25, -0.2) is 0 Å².